The Labute approximate surface area is 91.7 Å². The highest BCUT2D eigenvalue weighted by Crippen LogP contribution is 2.26. The van der Waals surface area contributed by atoms with Crippen molar-refractivity contribution >= 4 is 16.6 Å². The van der Waals surface area contributed by atoms with Gasteiger partial charge in [0, 0.05) is 17.1 Å². The van der Waals surface area contributed by atoms with E-state index in [1.54, 1.807) is 6.20 Å². The highest BCUT2D eigenvalue weighted by molar-refractivity contribution is 5.84. The molecule has 0 unspecified atom stereocenters. The second-order valence-electron chi connectivity index (χ2n) is 3.53. The fourth-order valence-corrected chi connectivity index (χ4v) is 1.66. The lowest BCUT2D eigenvalue weighted by Crippen LogP contribution is -1.86. The van der Waals surface area contributed by atoms with E-state index in [1.807, 2.05) is 30.3 Å². The number of aromatic nitrogens is 2. The third-order valence-electron chi connectivity index (χ3n) is 2.45. The Morgan fingerprint density at radius 2 is 2.00 bits per heavy atom. The van der Waals surface area contributed by atoms with Crippen LogP contribution in [0.2, 0.25) is 0 Å². The molecule has 0 aliphatic carbocycles. The summed E-state index contributed by atoms with van der Waals surface area (Å²) in [5.74, 6) is 0.568. The lowest BCUT2D eigenvalue weighted by atomic mass is 10.1. The first-order valence-electron chi connectivity index (χ1n) is 4.90. The van der Waals surface area contributed by atoms with Crippen LogP contribution >= 0.6 is 0 Å². The van der Waals surface area contributed by atoms with E-state index >= 15 is 0 Å². The van der Waals surface area contributed by atoms with Crippen LogP contribution in [0.15, 0.2) is 47.2 Å². The number of nitrogen functional groups attached to an aromatic ring is 1. The molecule has 0 spiro atoms. The van der Waals surface area contributed by atoms with Gasteiger partial charge in [-0.15, -0.1) is 0 Å². The van der Waals surface area contributed by atoms with Crippen LogP contribution in [-0.4, -0.2) is 10.1 Å². The van der Waals surface area contributed by atoms with E-state index in [-0.39, 0.29) is 0 Å². The number of para-hydroxylation sites is 1. The number of fused-ring (bicyclic) bond motifs is 1. The molecule has 0 amide bonds. The standard InChI is InChI=1S/C12H9N3O/c13-10-7-15-16-12(10)9-5-8-3-1-2-4-11(8)14-6-9/h1-7H,13H2. The predicted octanol–water partition coefficient (Wildman–Crippen LogP) is 2.47. The highest BCUT2D eigenvalue weighted by atomic mass is 16.5. The minimum atomic E-state index is 0.525. The number of anilines is 1. The molecule has 0 saturated heterocycles. The van der Waals surface area contributed by atoms with E-state index in [0.717, 1.165) is 16.5 Å². The molecule has 0 saturated carbocycles. The number of hydrogen-bond donors (Lipinski definition) is 1. The Hall–Kier alpha value is -2.36. The lowest BCUT2D eigenvalue weighted by Gasteiger charge is -2.00. The van der Waals surface area contributed by atoms with Gasteiger partial charge in [0.1, 0.15) is 5.69 Å². The monoisotopic (exact) mass is 211 g/mol. The Bertz CT molecular complexity index is 645. The van der Waals surface area contributed by atoms with Gasteiger partial charge in [-0.1, -0.05) is 23.4 Å². The zero-order chi connectivity index (χ0) is 11.0. The van der Waals surface area contributed by atoms with Crippen molar-refractivity contribution in [1.29, 1.82) is 0 Å². The molecule has 0 atom stereocenters. The molecule has 78 valence electrons. The molecule has 0 bridgehead atoms. The average molecular weight is 211 g/mol. The van der Waals surface area contributed by atoms with Crippen LogP contribution in [0, 0.1) is 0 Å². The molecule has 2 aromatic heterocycles. The molecule has 0 fully saturated rings. The normalized spacial score (nSPS) is 10.8. The predicted molar refractivity (Wildman–Crippen MR) is 61.7 cm³/mol. The van der Waals surface area contributed by atoms with Crippen LogP contribution in [0.25, 0.3) is 22.2 Å². The summed E-state index contributed by atoms with van der Waals surface area (Å²) in [6.07, 6.45) is 3.23. The molecule has 2 heterocycles. The molecule has 1 aromatic carbocycles. The quantitative estimate of drug-likeness (QED) is 0.671. The number of nitrogens with two attached hydrogens (primary N) is 1. The van der Waals surface area contributed by atoms with Gasteiger partial charge in [0.15, 0.2) is 5.76 Å². The van der Waals surface area contributed by atoms with E-state index < -0.39 is 0 Å². The van der Waals surface area contributed by atoms with Crippen molar-refractivity contribution in [1.82, 2.24) is 10.1 Å². The second kappa shape index (κ2) is 3.34. The van der Waals surface area contributed by atoms with Gasteiger partial charge in [-0.25, -0.2) is 0 Å². The van der Waals surface area contributed by atoms with Crippen molar-refractivity contribution in [3.05, 3.63) is 42.7 Å². The first-order valence-corrected chi connectivity index (χ1v) is 4.90. The molecule has 0 aliphatic rings. The number of benzene rings is 1. The van der Waals surface area contributed by atoms with Gasteiger partial charge >= 0.3 is 0 Å². The van der Waals surface area contributed by atoms with Gasteiger partial charge in [0.25, 0.3) is 0 Å². The zero-order valence-electron chi connectivity index (χ0n) is 8.42. The average Bonchev–Trinajstić information content (AvgIpc) is 2.75. The second-order valence-corrected chi connectivity index (χ2v) is 3.53. The van der Waals surface area contributed by atoms with Crippen molar-refractivity contribution in [2.45, 2.75) is 0 Å². The summed E-state index contributed by atoms with van der Waals surface area (Å²) in [5.41, 5.74) is 8.05. The molecule has 4 heteroatoms. The minimum absolute atomic E-state index is 0.525. The molecule has 3 aromatic rings. The van der Waals surface area contributed by atoms with Gasteiger partial charge in [-0.3, -0.25) is 4.98 Å². The maximum Gasteiger partial charge on any atom is 0.191 e. The van der Waals surface area contributed by atoms with E-state index in [2.05, 4.69) is 10.1 Å². The molecule has 0 radical (unpaired) electrons. The van der Waals surface area contributed by atoms with Gasteiger partial charge in [-0.2, -0.15) is 0 Å². The number of pyridine rings is 1. The summed E-state index contributed by atoms with van der Waals surface area (Å²) in [5, 5.41) is 4.70. The Balaban J connectivity index is 2.23. The molecule has 4 nitrogen and oxygen atoms in total. The van der Waals surface area contributed by atoms with E-state index in [4.69, 9.17) is 10.3 Å². The number of rotatable bonds is 1. The molecule has 2 N–H and O–H groups in total. The van der Waals surface area contributed by atoms with E-state index in [0.29, 0.717) is 11.4 Å². The first-order chi connectivity index (χ1) is 7.84. The lowest BCUT2D eigenvalue weighted by molar-refractivity contribution is 0.432. The molecular formula is C12H9N3O. The fraction of sp³-hybridized carbons (Fsp3) is 0. The molecule has 3 rings (SSSR count). The third kappa shape index (κ3) is 1.32. The van der Waals surface area contributed by atoms with E-state index in [1.165, 1.54) is 6.20 Å². The van der Waals surface area contributed by atoms with Crippen LogP contribution in [0.3, 0.4) is 0 Å². The number of hydrogen-bond acceptors (Lipinski definition) is 4. The topological polar surface area (TPSA) is 64.9 Å². The summed E-state index contributed by atoms with van der Waals surface area (Å²) in [6, 6.07) is 9.87. The maximum absolute atomic E-state index is 5.73. The Morgan fingerprint density at radius 3 is 2.81 bits per heavy atom. The maximum atomic E-state index is 5.73. The molecule has 0 aliphatic heterocycles. The van der Waals surface area contributed by atoms with Gasteiger partial charge in [-0.05, 0) is 12.1 Å². The Kier molecular flexibility index (Phi) is 1.86. The van der Waals surface area contributed by atoms with Crippen LogP contribution in [0.5, 0.6) is 0 Å². The van der Waals surface area contributed by atoms with Crippen molar-refractivity contribution in [2.24, 2.45) is 0 Å². The van der Waals surface area contributed by atoms with Crippen LogP contribution in [0.1, 0.15) is 0 Å². The first kappa shape index (κ1) is 8.91. The third-order valence-corrected chi connectivity index (χ3v) is 2.45. The molecular weight excluding hydrogens is 202 g/mol. The summed E-state index contributed by atoms with van der Waals surface area (Å²) in [6.45, 7) is 0. The highest BCUT2D eigenvalue weighted by Gasteiger charge is 2.08. The zero-order valence-corrected chi connectivity index (χ0v) is 8.42. The number of nitrogens with zero attached hydrogens (tertiary/aromatic N) is 2. The smallest absolute Gasteiger partial charge is 0.191 e. The largest absolute Gasteiger partial charge is 0.394 e. The summed E-state index contributed by atoms with van der Waals surface area (Å²) < 4.78 is 5.08. The SMILES string of the molecule is Nc1cnoc1-c1cnc2ccccc2c1. The summed E-state index contributed by atoms with van der Waals surface area (Å²) in [7, 11) is 0. The van der Waals surface area contributed by atoms with Gasteiger partial charge in [0.05, 0.1) is 11.7 Å². The van der Waals surface area contributed by atoms with E-state index in [9.17, 15) is 0 Å². The van der Waals surface area contributed by atoms with Crippen LogP contribution in [0.4, 0.5) is 5.69 Å². The minimum Gasteiger partial charge on any atom is -0.394 e. The van der Waals surface area contributed by atoms with Crippen molar-refractivity contribution in [3.63, 3.8) is 0 Å². The fourth-order valence-electron chi connectivity index (χ4n) is 1.66. The van der Waals surface area contributed by atoms with Crippen LogP contribution in [-0.2, 0) is 0 Å². The summed E-state index contributed by atoms with van der Waals surface area (Å²) >= 11 is 0. The summed E-state index contributed by atoms with van der Waals surface area (Å²) in [4.78, 5) is 4.33. The van der Waals surface area contributed by atoms with Crippen LogP contribution < -0.4 is 5.73 Å². The van der Waals surface area contributed by atoms with Gasteiger partial charge in [0.2, 0.25) is 0 Å². The van der Waals surface area contributed by atoms with Crippen molar-refractivity contribution in [2.75, 3.05) is 5.73 Å². The van der Waals surface area contributed by atoms with Gasteiger partial charge < -0.3 is 10.3 Å². The Morgan fingerprint density at radius 1 is 1.12 bits per heavy atom. The van der Waals surface area contributed by atoms with Crippen molar-refractivity contribution in [3.8, 4) is 11.3 Å². The van der Waals surface area contributed by atoms with Crippen molar-refractivity contribution < 1.29 is 4.52 Å². The molecule has 16 heavy (non-hydrogen) atoms.